The van der Waals surface area contributed by atoms with E-state index in [2.05, 4.69) is 15.1 Å². The van der Waals surface area contributed by atoms with Crippen LogP contribution in [0, 0.1) is 0 Å². The summed E-state index contributed by atoms with van der Waals surface area (Å²) < 4.78 is 0. The number of benzene rings is 1. The van der Waals surface area contributed by atoms with Crippen molar-refractivity contribution in [1.29, 1.82) is 0 Å². The number of rotatable bonds is 2. The van der Waals surface area contributed by atoms with E-state index in [0.29, 0.717) is 22.0 Å². The van der Waals surface area contributed by atoms with Crippen LogP contribution < -0.4 is 11.5 Å². The van der Waals surface area contributed by atoms with Gasteiger partial charge >= 0.3 is 0 Å². The van der Waals surface area contributed by atoms with E-state index in [9.17, 15) is 0 Å². The highest BCUT2D eigenvalue weighted by molar-refractivity contribution is 6.30. The summed E-state index contributed by atoms with van der Waals surface area (Å²) in [6.07, 6.45) is 0. The van der Waals surface area contributed by atoms with Crippen LogP contribution in [0.15, 0.2) is 29.4 Å². The van der Waals surface area contributed by atoms with Crippen molar-refractivity contribution < 1.29 is 5.21 Å². The lowest BCUT2D eigenvalue weighted by molar-refractivity contribution is 0.319. The minimum Gasteiger partial charge on any atom is -0.411 e. The van der Waals surface area contributed by atoms with Gasteiger partial charge in [0, 0.05) is 5.02 Å². The highest BCUT2D eigenvalue weighted by Crippen LogP contribution is 2.29. The molecule has 2 aromatic rings. The molecule has 0 saturated carbocycles. The van der Waals surface area contributed by atoms with Gasteiger partial charge in [0.1, 0.15) is 17.2 Å². The summed E-state index contributed by atoms with van der Waals surface area (Å²) in [6.45, 7) is 1.60. The topological polar surface area (TPSA) is 110 Å². The van der Waals surface area contributed by atoms with Crippen molar-refractivity contribution >= 4 is 29.1 Å². The van der Waals surface area contributed by atoms with Crippen molar-refractivity contribution in [3.63, 3.8) is 0 Å². The summed E-state index contributed by atoms with van der Waals surface area (Å²) >= 11 is 5.85. The van der Waals surface area contributed by atoms with Gasteiger partial charge in [-0.1, -0.05) is 28.9 Å². The van der Waals surface area contributed by atoms with E-state index in [1.165, 1.54) is 0 Å². The minimum absolute atomic E-state index is 0.0215. The number of hydrogen-bond acceptors (Lipinski definition) is 6. The first-order valence-electron chi connectivity index (χ1n) is 5.41. The molecule has 0 aliphatic rings. The maximum atomic E-state index is 8.91. The fourth-order valence-electron chi connectivity index (χ4n) is 1.71. The summed E-state index contributed by atoms with van der Waals surface area (Å²) in [5, 5.41) is 12.6. The molecule has 0 fully saturated rings. The second kappa shape index (κ2) is 5.11. The van der Waals surface area contributed by atoms with E-state index < -0.39 is 0 Å². The highest BCUT2D eigenvalue weighted by Gasteiger charge is 2.16. The molecule has 0 saturated heterocycles. The first kappa shape index (κ1) is 13.1. The number of nitrogens with two attached hydrogens (primary N) is 2. The first-order valence-corrected chi connectivity index (χ1v) is 5.78. The summed E-state index contributed by atoms with van der Waals surface area (Å²) in [4.78, 5) is 7.99. The second-order valence-corrected chi connectivity index (χ2v) is 4.32. The van der Waals surface area contributed by atoms with Crippen LogP contribution in [0.5, 0.6) is 0 Å². The van der Waals surface area contributed by atoms with Crippen LogP contribution in [0.2, 0.25) is 5.02 Å². The molecule has 1 heterocycles. The van der Waals surface area contributed by atoms with Crippen LogP contribution >= 0.6 is 11.6 Å². The van der Waals surface area contributed by atoms with Gasteiger partial charge in [-0.25, -0.2) is 4.98 Å². The Hall–Kier alpha value is -2.34. The van der Waals surface area contributed by atoms with E-state index in [1.54, 1.807) is 31.2 Å². The molecule has 0 spiro atoms. The Morgan fingerprint density at radius 2 is 1.84 bits per heavy atom. The predicted octanol–water partition coefficient (Wildman–Crippen LogP) is 2.16. The third-order valence-electron chi connectivity index (χ3n) is 2.58. The third-order valence-corrected chi connectivity index (χ3v) is 2.83. The molecule has 7 heteroatoms. The molecule has 1 aromatic carbocycles. The Kier molecular flexibility index (Phi) is 3.52. The molecular weight excluding hydrogens is 266 g/mol. The molecule has 0 aliphatic carbocycles. The van der Waals surface area contributed by atoms with Gasteiger partial charge in [0.15, 0.2) is 0 Å². The van der Waals surface area contributed by atoms with Crippen LogP contribution in [0.4, 0.5) is 11.8 Å². The maximum absolute atomic E-state index is 8.91. The molecule has 1 aromatic heterocycles. The number of oxime groups is 1. The number of nitrogens with zero attached hydrogens (tertiary/aromatic N) is 3. The Balaban J connectivity index is 2.71. The molecule has 2 rings (SSSR count). The van der Waals surface area contributed by atoms with Gasteiger partial charge in [-0.05, 0) is 24.6 Å². The normalized spacial score (nSPS) is 11.6. The van der Waals surface area contributed by atoms with Gasteiger partial charge in [-0.3, -0.25) is 0 Å². The molecule has 6 nitrogen and oxygen atoms in total. The van der Waals surface area contributed by atoms with Crippen molar-refractivity contribution in [2.75, 3.05) is 11.5 Å². The standard InChI is InChI=1S/C12H12ClN5O/c1-6(18-19)10-9(11(14)17-12(15)16-10)7-2-4-8(13)5-3-7/h2-5,19H,1H3,(H4,14,15,16,17). The van der Waals surface area contributed by atoms with Gasteiger partial charge in [-0.2, -0.15) is 4.98 Å². The largest absolute Gasteiger partial charge is 0.411 e. The number of aromatic nitrogens is 2. The van der Waals surface area contributed by atoms with Crippen molar-refractivity contribution in [3.05, 3.63) is 35.0 Å². The second-order valence-electron chi connectivity index (χ2n) is 3.88. The summed E-state index contributed by atoms with van der Waals surface area (Å²) in [5.74, 6) is 0.237. The van der Waals surface area contributed by atoms with Gasteiger partial charge in [0.2, 0.25) is 5.95 Å². The van der Waals surface area contributed by atoms with Gasteiger partial charge < -0.3 is 16.7 Å². The summed E-state index contributed by atoms with van der Waals surface area (Å²) in [5.41, 5.74) is 13.4. The predicted molar refractivity (Wildman–Crippen MR) is 75.3 cm³/mol. The molecule has 5 N–H and O–H groups in total. The van der Waals surface area contributed by atoms with Crippen molar-refractivity contribution in [3.8, 4) is 11.1 Å². The third kappa shape index (κ3) is 2.58. The zero-order valence-electron chi connectivity index (χ0n) is 10.1. The summed E-state index contributed by atoms with van der Waals surface area (Å²) in [7, 11) is 0. The van der Waals surface area contributed by atoms with Gasteiger partial charge in [0.05, 0.1) is 5.56 Å². The lowest BCUT2D eigenvalue weighted by atomic mass is 10.0. The Morgan fingerprint density at radius 1 is 1.21 bits per heavy atom. The minimum atomic E-state index is 0.0215. The lowest BCUT2D eigenvalue weighted by Crippen LogP contribution is -2.10. The van der Waals surface area contributed by atoms with Gasteiger partial charge in [-0.15, -0.1) is 0 Å². The fraction of sp³-hybridized carbons (Fsp3) is 0.0833. The number of hydrogen-bond donors (Lipinski definition) is 3. The zero-order chi connectivity index (χ0) is 14.0. The van der Waals surface area contributed by atoms with Crippen LogP contribution in [0.1, 0.15) is 12.6 Å². The van der Waals surface area contributed by atoms with Crippen molar-refractivity contribution in [2.24, 2.45) is 5.16 Å². The molecule has 0 atom stereocenters. The van der Waals surface area contributed by atoms with E-state index in [4.69, 9.17) is 28.3 Å². The van der Waals surface area contributed by atoms with Crippen LogP contribution in [0.3, 0.4) is 0 Å². The van der Waals surface area contributed by atoms with E-state index in [1.807, 2.05) is 0 Å². The lowest BCUT2D eigenvalue weighted by Gasteiger charge is -2.11. The van der Waals surface area contributed by atoms with Crippen molar-refractivity contribution in [1.82, 2.24) is 9.97 Å². The average Bonchev–Trinajstić information content (AvgIpc) is 2.38. The van der Waals surface area contributed by atoms with E-state index >= 15 is 0 Å². The summed E-state index contributed by atoms with van der Waals surface area (Å²) in [6, 6.07) is 7.01. The van der Waals surface area contributed by atoms with Crippen LogP contribution in [0.25, 0.3) is 11.1 Å². The smallest absolute Gasteiger partial charge is 0.222 e. The molecule has 0 amide bonds. The number of nitrogen functional groups attached to an aromatic ring is 2. The first-order chi connectivity index (χ1) is 9.02. The quantitative estimate of drug-likeness (QED) is 0.442. The Morgan fingerprint density at radius 3 is 2.42 bits per heavy atom. The molecule has 0 unspecified atom stereocenters. The average molecular weight is 278 g/mol. The molecule has 98 valence electrons. The number of anilines is 2. The Bertz CT molecular complexity index is 639. The van der Waals surface area contributed by atoms with E-state index in [-0.39, 0.29) is 11.8 Å². The van der Waals surface area contributed by atoms with Gasteiger partial charge in [0.25, 0.3) is 0 Å². The van der Waals surface area contributed by atoms with Crippen LogP contribution in [-0.4, -0.2) is 20.9 Å². The molecule has 19 heavy (non-hydrogen) atoms. The SMILES string of the molecule is CC(=NO)c1nc(N)nc(N)c1-c1ccc(Cl)cc1. The molecule has 0 radical (unpaired) electrons. The Labute approximate surface area is 114 Å². The highest BCUT2D eigenvalue weighted by atomic mass is 35.5. The van der Waals surface area contributed by atoms with Crippen molar-refractivity contribution in [2.45, 2.75) is 6.92 Å². The van der Waals surface area contributed by atoms with E-state index in [0.717, 1.165) is 5.56 Å². The number of halogens is 1. The monoisotopic (exact) mass is 277 g/mol. The molecule has 0 bridgehead atoms. The maximum Gasteiger partial charge on any atom is 0.222 e. The zero-order valence-corrected chi connectivity index (χ0v) is 10.9. The molecular formula is C12H12ClN5O. The molecule has 0 aliphatic heterocycles. The fourth-order valence-corrected chi connectivity index (χ4v) is 1.83. The van der Waals surface area contributed by atoms with Crippen LogP contribution in [-0.2, 0) is 0 Å².